The fourth-order valence-electron chi connectivity index (χ4n) is 0.785. The highest BCUT2D eigenvalue weighted by molar-refractivity contribution is 5.66. The normalized spacial score (nSPS) is 10.0. The lowest BCUT2D eigenvalue weighted by atomic mass is 10.4. The highest BCUT2D eigenvalue weighted by atomic mass is 16.6. The van der Waals surface area contributed by atoms with E-state index in [2.05, 4.69) is 10.1 Å². The van der Waals surface area contributed by atoms with E-state index in [0.717, 1.165) is 4.68 Å². The number of carboxylic acid groups (broad SMARTS) is 1. The highest BCUT2D eigenvalue weighted by Crippen LogP contribution is 2.07. The number of anilines is 1. The Morgan fingerprint density at radius 2 is 2.36 bits per heavy atom. The van der Waals surface area contributed by atoms with Crippen LogP contribution in [0.1, 0.15) is 6.42 Å². The summed E-state index contributed by atoms with van der Waals surface area (Å²) in [6, 6.07) is 0. The van der Waals surface area contributed by atoms with E-state index in [-0.39, 0.29) is 18.9 Å². The number of nitrogen functional groups attached to an aromatic ring is 1. The standard InChI is InChI=1S/C5H7N5O4/c6-4-7-5(10(13)14)8-9(4)2-1-3(11)12/h1-2H2,(H,11,12)(H2,6,7,8). The van der Waals surface area contributed by atoms with Gasteiger partial charge >= 0.3 is 17.9 Å². The number of carboxylic acids is 1. The van der Waals surface area contributed by atoms with Gasteiger partial charge in [-0.2, -0.15) is 4.68 Å². The largest absolute Gasteiger partial charge is 0.493 e. The Labute approximate surface area is 77.3 Å². The Morgan fingerprint density at radius 1 is 1.71 bits per heavy atom. The van der Waals surface area contributed by atoms with Gasteiger partial charge in [0.2, 0.25) is 0 Å². The third-order valence-corrected chi connectivity index (χ3v) is 1.39. The third kappa shape index (κ3) is 2.15. The number of hydrogen-bond acceptors (Lipinski definition) is 6. The van der Waals surface area contributed by atoms with Crippen LogP contribution in [0.15, 0.2) is 0 Å². The average Bonchev–Trinajstić information content (AvgIpc) is 2.43. The fourth-order valence-corrected chi connectivity index (χ4v) is 0.785. The molecule has 76 valence electrons. The van der Waals surface area contributed by atoms with Crippen molar-refractivity contribution < 1.29 is 14.8 Å². The van der Waals surface area contributed by atoms with Crippen molar-refractivity contribution in [3.63, 3.8) is 0 Å². The van der Waals surface area contributed by atoms with Gasteiger partial charge in [-0.3, -0.25) is 4.79 Å². The number of nitro groups is 1. The van der Waals surface area contributed by atoms with Crippen LogP contribution in [-0.4, -0.2) is 30.8 Å². The summed E-state index contributed by atoms with van der Waals surface area (Å²) in [7, 11) is 0. The maximum absolute atomic E-state index is 10.2. The molecule has 0 amide bonds. The average molecular weight is 201 g/mol. The van der Waals surface area contributed by atoms with E-state index in [1.54, 1.807) is 0 Å². The minimum absolute atomic E-state index is 0.0397. The first-order valence-electron chi connectivity index (χ1n) is 3.57. The van der Waals surface area contributed by atoms with Crippen molar-refractivity contribution >= 4 is 17.9 Å². The molecule has 0 saturated carbocycles. The van der Waals surface area contributed by atoms with Gasteiger partial charge in [0.25, 0.3) is 0 Å². The van der Waals surface area contributed by atoms with Crippen LogP contribution < -0.4 is 5.73 Å². The smallest absolute Gasteiger partial charge is 0.481 e. The molecule has 1 aromatic rings. The molecule has 0 fully saturated rings. The molecule has 0 aliphatic rings. The first kappa shape index (κ1) is 9.89. The lowest BCUT2D eigenvalue weighted by Gasteiger charge is -1.92. The Kier molecular flexibility index (Phi) is 2.60. The first-order valence-corrected chi connectivity index (χ1v) is 3.57. The summed E-state index contributed by atoms with van der Waals surface area (Å²) in [4.78, 5) is 22.9. The number of aliphatic carboxylic acids is 1. The number of carbonyl (C=O) groups is 1. The second kappa shape index (κ2) is 3.68. The molecule has 0 aliphatic carbocycles. The third-order valence-electron chi connectivity index (χ3n) is 1.39. The lowest BCUT2D eigenvalue weighted by Crippen LogP contribution is -2.09. The predicted octanol–water partition coefficient (Wildman–Crippen LogP) is -0.757. The van der Waals surface area contributed by atoms with Crippen molar-refractivity contribution in [2.75, 3.05) is 5.73 Å². The molecular formula is C5H7N5O4. The van der Waals surface area contributed by atoms with Crippen LogP contribution in [0.25, 0.3) is 0 Å². The maximum Gasteiger partial charge on any atom is 0.493 e. The van der Waals surface area contributed by atoms with Gasteiger partial charge in [-0.15, -0.1) is 0 Å². The molecule has 0 aromatic carbocycles. The molecule has 3 N–H and O–H groups in total. The van der Waals surface area contributed by atoms with E-state index in [0.29, 0.717) is 0 Å². The van der Waals surface area contributed by atoms with Crippen LogP contribution in [0.3, 0.4) is 0 Å². The molecule has 1 rings (SSSR count). The van der Waals surface area contributed by atoms with E-state index in [1.807, 2.05) is 0 Å². The van der Waals surface area contributed by atoms with E-state index in [9.17, 15) is 14.9 Å². The molecule has 1 heterocycles. The summed E-state index contributed by atoms with van der Waals surface area (Å²) < 4.78 is 0.978. The molecule has 9 heteroatoms. The Hall–Kier alpha value is -2.19. The summed E-state index contributed by atoms with van der Waals surface area (Å²) in [6.07, 6.45) is -0.218. The van der Waals surface area contributed by atoms with E-state index in [4.69, 9.17) is 10.8 Å². The van der Waals surface area contributed by atoms with Crippen LogP contribution in [0, 0.1) is 10.1 Å². The summed E-state index contributed by atoms with van der Waals surface area (Å²) in [5.41, 5.74) is 5.26. The molecule has 0 aliphatic heterocycles. The predicted molar refractivity (Wildman–Crippen MR) is 43.3 cm³/mol. The summed E-state index contributed by atoms with van der Waals surface area (Å²) in [5, 5.41) is 21.9. The number of aromatic nitrogens is 3. The zero-order valence-corrected chi connectivity index (χ0v) is 6.95. The topological polar surface area (TPSA) is 137 Å². The second-order valence-corrected chi connectivity index (χ2v) is 2.39. The van der Waals surface area contributed by atoms with E-state index >= 15 is 0 Å². The summed E-state index contributed by atoms with van der Waals surface area (Å²) >= 11 is 0. The molecule has 0 spiro atoms. The van der Waals surface area contributed by atoms with Crippen molar-refractivity contribution in [3.8, 4) is 0 Å². The van der Waals surface area contributed by atoms with Crippen LogP contribution in [0.2, 0.25) is 0 Å². The molecular weight excluding hydrogens is 194 g/mol. The minimum atomic E-state index is -1.04. The van der Waals surface area contributed by atoms with Gasteiger partial charge in [-0.25, -0.2) is 0 Å². The molecule has 0 bridgehead atoms. The summed E-state index contributed by atoms with van der Waals surface area (Å²) in [6.45, 7) is -0.0397. The Morgan fingerprint density at radius 3 is 2.79 bits per heavy atom. The number of hydrogen-bond donors (Lipinski definition) is 2. The lowest BCUT2D eigenvalue weighted by molar-refractivity contribution is -0.394. The SMILES string of the molecule is Nc1nc([N+](=O)[O-])nn1CCC(=O)O. The minimum Gasteiger partial charge on any atom is -0.481 e. The molecule has 9 nitrogen and oxygen atoms in total. The van der Waals surface area contributed by atoms with Crippen LogP contribution in [0.5, 0.6) is 0 Å². The number of aryl methyl sites for hydroxylation is 1. The van der Waals surface area contributed by atoms with Crippen molar-refractivity contribution in [3.05, 3.63) is 10.1 Å². The monoisotopic (exact) mass is 201 g/mol. The maximum atomic E-state index is 10.2. The van der Waals surface area contributed by atoms with Crippen molar-refractivity contribution in [1.82, 2.24) is 14.8 Å². The van der Waals surface area contributed by atoms with Crippen molar-refractivity contribution in [1.29, 1.82) is 0 Å². The zero-order chi connectivity index (χ0) is 10.7. The van der Waals surface area contributed by atoms with Gasteiger partial charge in [0, 0.05) is 5.10 Å². The zero-order valence-electron chi connectivity index (χ0n) is 6.95. The van der Waals surface area contributed by atoms with Crippen molar-refractivity contribution in [2.45, 2.75) is 13.0 Å². The van der Waals surface area contributed by atoms with Gasteiger partial charge in [0.05, 0.1) is 13.0 Å². The van der Waals surface area contributed by atoms with Crippen LogP contribution in [-0.2, 0) is 11.3 Å². The molecule has 1 aromatic heterocycles. The van der Waals surface area contributed by atoms with Crippen molar-refractivity contribution in [2.24, 2.45) is 0 Å². The molecule has 0 radical (unpaired) electrons. The molecule has 0 saturated heterocycles. The van der Waals surface area contributed by atoms with E-state index in [1.165, 1.54) is 0 Å². The number of nitrogens with two attached hydrogens (primary N) is 1. The summed E-state index contributed by atoms with van der Waals surface area (Å²) in [5.74, 6) is -1.84. The van der Waals surface area contributed by atoms with Gasteiger partial charge < -0.3 is 21.0 Å². The molecule has 14 heavy (non-hydrogen) atoms. The second-order valence-electron chi connectivity index (χ2n) is 2.39. The van der Waals surface area contributed by atoms with Gasteiger partial charge in [0.1, 0.15) is 0 Å². The first-order chi connectivity index (χ1) is 6.50. The fraction of sp³-hybridized carbons (Fsp3) is 0.400. The Bertz CT molecular complexity index is 372. The molecule has 0 unspecified atom stereocenters. The number of nitrogens with zero attached hydrogens (tertiary/aromatic N) is 4. The molecule has 0 atom stereocenters. The quantitative estimate of drug-likeness (QED) is 0.482. The Balaban J connectivity index is 2.77. The number of rotatable bonds is 4. The highest BCUT2D eigenvalue weighted by Gasteiger charge is 2.19. The van der Waals surface area contributed by atoms with Crippen LogP contribution in [0.4, 0.5) is 11.9 Å². The van der Waals surface area contributed by atoms with Gasteiger partial charge in [0.15, 0.2) is 0 Å². The van der Waals surface area contributed by atoms with Gasteiger partial charge in [-0.1, -0.05) is 0 Å². The van der Waals surface area contributed by atoms with Gasteiger partial charge in [-0.05, 0) is 9.91 Å². The van der Waals surface area contributed by atoms with E-state index < -0.39 is 16.8 Å². The van der Waals surface area contributed by atoms with Crippen LogP contribution >= 0.6 is 0 Å².